The molecule has 104 valence electrons. The van der Waals surface area contributed by atoms with E-state index in [0.29, 0.717) is 18.5 Å². The van der Waals surface area contributed by atoms with Crippen molar-refractivity contribution >= 4 is 22.8 Å². The highest BCUT2D eigenvalue weighted by Gasteiger charge is 2.32. The van der Waals surface area contributed by atoms with Crippen LogP contribution in [0.5, 0.6) is 0 Å². The topological polar surface area (TPSA) is 73.4 Å². The van der Waals surface area contributed by atoms with Crippen molar-refractivity contribution < 1.29 is 14.7 Å². The van der Waals surface area contributed by atoms with Crippen LogP contribution in [0.2, 0.25) is 0 Å². The molecule has 1 fully saturated rings. The van der Waals surface area contributed by atoms with Gasteiger partial charge in [0.25, 0.3) is 5.91 Å². The second-order valence-corrected chi connectivity index (χ2v) is 5.09. The SMILES string of the molecule is O=C(O)[C@@H]1CCCCN1C(=O)c1cccc2[nH]ccc12. The summed E-state index contributed by atoms with van der Waals surface area (Å²) in [6.45, 7) is 0.511. The molecule has 0 unspecified atom stereocenters. The smallest absolute Gasteiger partial charge is 0.326 e. The number of likely N-dealkylation sites (tertiary alicyclic amines) is 1. The highest BCUT2D eigenvalue weighted by Crippen LogP contribution is 2.24. The molecule has 0 saturated carbocycles. The van der Waals surface area contributed by atoms with Crippen LogP contribution in [0.1, 0.15) is 29.6 Å². The first kappa shape index (κ1) is 12.7. The fourth-order valence-electron chi connectivity index (χ4n) is 2.86. The van der Waals surface area contributed by atoms with Crippen LogP contribution in [0.4, 0.5) is 0 Å². The number of carbonyl (C=O) groups is 2. The first-order valence-corrected chi connectivity index (χ1v) is 6.78. The number of H-pyrrole nitrogens is 1. The Hall–Kier alpha value is -2.30. The summed E-state index contributed by atoms with van der Waals surface area (Å²) in [5, 5.41) is 10.1. The molecule has 5 nitrogen and oxygen atoms in total. The van der Waals surface area contributed by atoms with Crippen molar-refractivity contribution in [2.75, 3.05) is 6.54 Å². The van der Waals surface area contributed by atoms with E-state index in [1.54, 1.807) is 12.3 Å². The number of hydrogen-bond acceptors (Lipinski definition) is 2. The lowest BCUT2D eigenvalue weighted by atomic mass is 10.00. The molecular weight excluding hydrogens is 256 g/mol. The summed E-state index contributed by atoms with van der Waals surface area (Å²) in [4.78, 5) is 28.5. The molecule has 1 saturated heterocycles. The summed E-state index contributed by atoms with van der Waals surface area (Å²) in [5.74, 6) is -1.11. The van der Waals surface area contributed by atoms with Gasteiger partial charge >= 0.3 is 5.97 Å². The Morgan fingerprint density at radius 1 is 1.25 bits per heavy atom. The van der Waals surface area contributed by atoms with Gasteiger partial charge in [-0.2, -0.15) is 0 Å². The Morgan fingerprint density at radius 2 is 2.10 bits per heavy atom. The van der Waals surface area contributed by atoms with Gasteiger partial charge in [-0.05, 0) is 37.5 Å². The van der Waals surface area contributed by atoms with Gasteiger partial charge in [0.05, 0.1) is 0 Å². The van der Waals surface area contributed by atoms with Gasteiger partial charge in [0.15, 0.2) is 0 Å². The minimum atomic E-state index is -0.917. The molecule has 2 aromatic rings. The zero-order valence-corrected chi connectivity index (χ0v) is 11.0. The summed E-state index contributed by atoms with van der Waals surface area (Å²) in [5.41, 5.74) is 1.46. The standard InChI is InChI=1S/C15H16N2O3/c18-14(17-9-2-1-6-13(17)15(19)20)11-4-3-5-12-10(11)7-8-16-12/h3-5,7-8,13,16H,1-2,6,9H2,(H,19,20)/t13-/m0/s1. The molecule has 1 aliphatic rings. The predicted molar refractivity (Wildman–Crippen MR) is 74.6 cm³/mol. The van der Waals surface area contributed by atoms with Crippen molar-refractivity contribution in [3.63, 3.8) is 0 Å². The average Bonchev–Trinajstić information content (AvgIpc) is 2.94. The first-order chi connectivity index (χ1) is 9.68. The largest absolute Gasteiger partial charge is 0.480 e. The Labute approximate surface area is 116 Å². The van der Waals surface area contributed by atoms with Crippen molar-refractivity contribution in [2.45, 2.75) is 25.3 Å². The van der Waals surface area contributed by atoms with E-state index < -0.39 is 12.0 Å². The molecule has 2 heterocycles. The van der Waals surface area contributed by atoms with Crippen molar-refractivity contribution in [3.05, 3.63) is 36.0 Å². The molecule has 0 radical (unpaired) electrons. The van der Waals surface area contributed by atoms with Gasteiger partial charge in [-0.25, -0.2) is 4.79 Å². The maximum Gasteiger partial charge on any atom is 0.326 e. The molecule has 1 aliphatic heterocycles. The zero-order chi connectivity index (χ0) is 14.1. The number of amides is 1. The third kappa shape index (κ3) is 2.05. The van der Waals surface area contributed by atoms with E-state index in [4.69, 9.17) is 0 Å². The van der Waals surface area contributed by atoms with E-state index >= 15 is 0 Å². The molecule has 1 aromatic heterocycles. The summed E-state index contributed by atoms with van der Waals surface area (Å²) >= 11 is 0. The number of aromatic nitrogens is 1. The summed E-state index contributed by atoms with van der Waals surface area (Å²) in [6, 6.07) is 6.61. The van der Waals surface area contributed by atoms with Gasteiger partial charge in [0.1, 0.15) is 6.04 Å². The van der Waals surface area contributed by atoms with Gasteiger partial charge in [-0.1, -0.05) is 6.07 Å². The van der Waals surface area contributed by atoms with E-state index in [9.17, 15) is 14.7 Å². The number of hydrogen-bond donors (Lipinski definition) is 2. The maximum absolute atomic E-state index is 12.7. The van der Waals surface area contributed by atoms with Crippen LogP contribution < -0.4 is 0 Å². The quantitative estimate of drug-likeness (QED) is 0.880. The van der Waals surface area contributed by atoms with Crippen LogP contribution in [0.15, 0.2) is 30.5 Å². The van der Waals surface area contributed by atoms with Crippen LogP contribution in [-0.4, -0.2) is 39.5 Å². The van der Waals surface area contributed by atoms with Gasteiger partial charge in [0.2, 0.25) is 0 Å². The summed E-state index contributed by atoms with van der Waals surface area (Å²) in [6.07, 6.45) is 4.03. The molecule has 20 heavy (non-hydrogen) atoms. The van der Waals surface area contributed by atoms with Gasteiger partial charge < -0.3 is 15.0 Å². The molecule has 0 bridgehead atoms. The second-order valence-electron chi connectivity index (χ2n) is 5.09. The first-order valence-electron chi connectivity index (χ1n) is 6.78. The fourth-order valence-corrected chi connectivity index (χ4v) is 2.86. The predicted octanol–water partition coefficient (Wildman–Crippen LogP) is 2.25. The number of carbonyl (C=O) groups excluding carboxylic acids is 1. The number of aromatic amines is 1. The Kier molecular flexibility index (Phi) is 3.18. The fraction of sp³-hybridized carbons (Fsp3) is 0.333. The number of aliphatic carboxylic acids is 1. The maximum atomic E-state index is 12.7. The molecule has 0 aliphatic carbocycles. The highest BCUT2D eigenvalue weighted by molar-refractivity contribution is 6.07. The van der Waals surface area contributed by atoms with Crippen LogP contribution in [0, 0.1) is 0 Å². The van der Waals surface area contributed by atoms with Crippen molar-refractivity contribution in [2.24, 2.45) is 0 Å². The van der Waals surface area contributed by atoms with Crippen LogP contribution in [0.3, 0.4) is 0 Å². The third-order valence-electron chi connectivity index (χ3n) is 3.87. The Morgan fingerprint density at radius 3 is 2.90 bits per heavy atom. The molecular formula is C15H16N2O3. The number of piperidine rings is 1. The van der Waals surface area contributed by atoms with Gasteiger partial charge in [0, 0.05) is 29.2 Å². The van der Waals surface area contributed by atoms with E-state index in [0.717, 1.165) is 23.7 Å². The van der Waals surface area contributed by atoms with E-state index in [1.165, 1.54) is 4.90 Å². The Bertz CT molecular complexity index is 662. The lowest BCUT2D eigenvalue weighted by molar-refractivity contribution is -0.143. The van der Waals surface area contributed by atoms with Gasteiger partial charge in [-0.3, -0.25) is 4.79 Å². The van der Waals surface area contributed by atoms with Crippen molar-refractivity contribution in [1.82, 2.24) is 9.88 Å². The van der Waals surface area contributed by atoms with Crippen molar-refractivity contribution in [3.8, 4) is 0 Å². The van der Waals surface area contributed by atoms with E-state index in [1.807, 2.05) is 18.2 Å². The zero-order valence-electron chi connectivity index (χ0n) is 11.0. The number of carboxylic acid groups (broad SMARTS) is 1. The monoisotopic (exact) mass is 272 g/mol. The van der Waals surface area contributed by atoms with Crippen LogP contribution in [-0.2, 0) is 4.79 Å². The van der Waals surface area contributed by atoms with Crippen LogP contribution >= 0.6 is 0 Å². The number of nitrogens with zero attached hydrogens (tertiary/aromatic N) is 1. The second kappa shape index (κ2) is 5.00. The van der Waals surface area contributed by atoms with Gasteiger partial charge in [-0.15, -0.1) is 0 Å². The normalized spacial score (nSPS) is 19.2. The highest BCUT2D eigenvalue weighted by atomic mass is 16.4. The Balaban J connectivity index is 1.98. The molecule has 0 spiro atoms. The molecule has 1 amide bonds. The molecule has 5 heteroatoms. The number of rotatable bonds is 2. The summed E-state index contributed by atoms with van der Waals surface area (Å²) < 4.78 is 0. The third-order valence-corrected chi connectivity index (χ3v) is 3.87. The van der Waals surface area contributed by atoms with Crippen LogP contribution in [0.25, 0.3) is 10.9 Å². The van der Waals surface area contributed by atoms with E-state index in [2.05, 4.69) is 4.98 Å². The minimum absolute atomic E-state index is 0.192. The van der Waals surface area contributed by atoms with E-state index in [-0.39, 0.29) is 5.91 Å². The lowest BCUT2D eigenvalue weighted by Crippen LogP contribution is -2.48. The lowest BCUT2D eigenvalue weighted by Gasteiger charge is -2.33. The molecule has 2 N–H and O–H groups in total. The molecule has 1 atom stereocenters. The van der Waals surface area contributed by atoms with Crippen molar-refractivity contribution in [1.29, 1.82) is 0 Å². The molecule has 1 aromatic carbocycles. The number of carboxylic acids is 1. The molecule has 3 rings (SSSR count). The number of fused-ring (bicyclic) bond motifs is 1. The number of benzene rings is 1. The number of nitrogens with one attached hydrogen (secondary N) is 1. The minimum Gasteiger partial charge on any atom is -0.480 e. The summed E-state index contributed by atoms with van der Waals surface area (Å²) in [7, 11) is 0. The average molecular weight is 272 g/mol.